The van der Waals surface area contributed by atoms with Gasteiger partial charge in [0.1, 0.15) is 11.6 Å². The molecule has 0 aliphatic rings. The minimum atomic E-state index is -0.211. The lowest BCUT2D eigenvalue weighted by atomic mass is 10.1. The number of rotatable bonds is 4. The van der Waals surface area contributed by atoms with Gasteiger partial charge in [0.15, 0.2) is 0 Å². The van der Waals surface area contributed by atoms with E-state index < -0.39 is 0 Å². The summed E-state index contributed by atoms with van der Waals surface area (Å²) < 4.78 is 18.2. The van der Waals surface area contributed by atoms with Crippen molar-refractivity contribution in [2.75, 3.05) is 12.4 Å². The molecule has 0 saturated carbocycles. The normalized spacial score (nSPS) is 10.2. The van der Waals surface area contributed by atoms with E-state index in [0.29, 0.717) is 6.54 Å². The molecule has 0 saturated heterocycles. The van der Waals surface area contributed by atoms with E-state index in [1.807, 2.05) is 31.2 Å². The van der Waals surface area contributed by atoms with Crippen LogP contribution in [0, 0.1) is 12.7 Å². The fourth-order valence-corrected chi connectivity index (χ4v) is 1.76. The van der Waals surface area contributed by atoms with Crippen molar-refractivity contribution in [3.05, 3.63) is 59.4 Å². The summed E-state index contributed by atoms with van der Waals surface area (Å²) in [6, 6.07) is 12.4. The standard InChI is InChI=1S/C15H16FNO/c1-11-6-7-14(18-2)9-15(11)17-10-12-4-3-5-13(16)8-12/h3-9,17H,10H2,1-2H3. The number of ether oxygens (including phenoxy) is 1. The number of halogens is 1. The number of hydrogen-bond donors (Lipinski definition) is 1. The van der Waals surface area contributed by atoms with Crippen molar-refractivity contribution in [3.63, 3.8) is 0 Å². The van der Waals surface area contributed by atoms with Crippen LogP contribution in [0.1, 0.15) is 11.1 Å². The molecule has 94 valence electrons. The maximum absolute atomic E-state index is 13.0. The molecule has 0 spiro atoms. The predicted octanol–water partition coefficient (Wildman–Crippen LogP) is 3.75. The molecule has 3 heteroatoms. The van der Waals surface area contributed by atoms with Gasteiger partial charge < -0.3 is 10.1 Å². The fraction of sp³-hybridized carbons (Fsp3) is 0.200. The van der Waals surface area contributed by atoms with Gasteiger partial charge in [-0.05, 0) is 36.2 Å². The van der Waals surface area contributed by atoms with Gasteiger partial charge in [0.2, 0.25) is 0 Å². The fourth-order valence-electron chi connectivity index (χ4n) is 1.76. The first-order valence-electron chi connectivity index (χ1n) is 5.82. The summed E-state index contributed by atoms with van der Waals surface area (Å²) in [5.41, 5.74) is 3.04. The molecule has 0 aliphatic heterocycles. The van der Waals surface area contributed by atoms with Crippen LogP contribution in [0.3, 0.4) is 0 Å². The molecular weight excluding hydrogens is 229 g/mol. The molecule has 18 heavy (non-hydrogen) atoms. The first-order chi connectivity index (χ1) is 8.69. The van der Waals surface area contributed by atoms with Crippen LogP contribution in [0.15, 0.2) is 42.5 Å². The third kappa shape index (κ3) is 3.00. The van der Waals surface area contributed by atoms with Crippen LogP contribution in [0.25, 0.3) is 0 Å². The minimum absolute atomic E-state index is 0.211. The zero-order valence-corrected chi connectivity index (χ0v) is 10.5. The van der Waals surface area contributed by atoms with Crippen LogP contribution >= 0.6 is 0 Å². The van der Waals surface area contributed by atoms with Crippen molar-refractivity contribution in [1.82, 2.24) is 0 Å². The monoisotopic (exact) mass is 245 g/mol. The maximum Gasteiger partial charge on any atom is 0.123 e. The summed E-state index contributed by atoms with van der Waals surface area (Å²) in [5.74, 6) is 0.596. The van der Waals surface area contributed by atoms with E-state index in [1.165, 1.54) is 12.1 Å². The molecule has 0 bridgehead atoms. The van der Waals surface area contributed by atoms with Crippen LogP contribution in [-0.4, -0.2) is 7.11 Å². The average Bonchev–Trinajstić information content (AvgIpc) is 2.38. The van der Waals surface area contributed by atoms with Gasteiger partial charge in [0.05, 0.1) is 7.11 Å². The topological polar surface area (TPSA) is 21.3 Å². The molecule has 0 aromatic heterocycles. The summed E-state index contributed by atoms with van der Waals surface area (Å²) >= 11 is 0. The number of anilines is 1. The lowest BCUT2D eigenvalue weighted by Crippen LogP contribution is -2.01. The lowest BCUT2D eigenvalue weighted by Gasteiger charge is -2.11. The van der Waals surface area contributed by atoms with Gasteiger partial charge in [0.25, 0.3) is 0 Å². The second-order valence-corrected chi connectivity index (χ2v) is 4.16. The van der Waals surface area contributed by atoms with E-state index in [4.69, 9.17) is 4.74 Å². The van der Waals surface area contributed by atoms with Crippen molar-refractivity contribution in [3.8, 4) is 5.75 Å². The van der Waals surface area contributed by atoms with Crippen molar-refractivity contribution in [2.45, 2.75) is 13.5 Å². The molecule has 0 aliphatic carbocycles. The van der Waals surface area contributed by atoms with Crippen LogP contribution in [0.4, 0.5) is 10.1 Å². The SMILES string of the molecule is COc1ccc(C)c(NCc2cccc(F)c2)c1. The molecule has 0 unspecified atom stereocenters. The zero-order valence-electron chi connectivity index (χ0n) is 10.5. The summed E-state index contributed by atoms with van der Waals surface area (Å²) in [4.78, 5) is 0. The van der Waals surface area contributed by atoms with E-state index in [2.05, 4.69) is 5.32 Å². The van der Waals surface area contributed by atoms with E-state index in [9.17, 15) is 4.39 Å². The summed E-state index contributed by atoms with van der Waals surface area (Å²) in [6.45, 7) is 2.61. The number of methoxy groups -OCH3 is 1. The van der Waals surface area contributed by atoms with Crippen LogP contribution < -0.4 is 10.1 Å². The van der Waals surface area contributed by atoms with Gasteiger partial charge in [-0.1, -0.05) is 18.2 Å². The first-order valence-corrected chi connectivity index (χ1v) is 5.82. The highest BCUT2D eigenvalue weighted by Gasteiger charge is 2.01. The summed E-state index contributed by atoms with van der Waals surface area (Å²) in [6.07, 6.45) is 0. The van der Waals surface area contributed by atoms with Gasteiger partial charge in [0, 0.05) is 18.3 Å². The Morgan fingerprint density at radius 1 is 1.17 bits per heavy atom. The Morgan fingerprint density at radius 2 is 2.00 bits per heavy atom. The Morgan fingerprint density at radius 3 is 2.72 bits per heavy atom. The minimum Gasteiger partial charge on any atom is -0.497 e. The maximum atomic E-state index is 13.0. The number of aryl methyl sites for hydroxylation is 1. The number of benzene rings is 2. The molecule has 2 aromatic carbocycles. The van der Waals surface area contributed by atoms with Gasteiger partial charge in [-0.15, -0.1) is 0 Å². The summed E-state index contributed by atoms with van der Waals surface area (Å²) in [7, 11) is 1.64. The van der Waals surface area contributed by atoms with Crippen molar-refractivity contribution >= 4 is 5.69 Å². The summed E-state index contributed by atoms with van der Waals surface area (Å²) in [5, 5.41) is 3.28. The third-order valence-electron chi connectivity index (χ3n) is 2.82. The molecule has 0 heterocycles. The molecule has 2 nitrogen and oxygen atoms in total. The zero-order chi connectivity index (χ0) is 13.0. The Kier molecular flexibility index (Phi) is 3.82. The molecule has 0 amide bonds. The molecule has 0 fully saturated rings. The van der Waals surface area contributed by atoms with Crippen molar-refractivity contribution in [2.24, 2.45) is 0 Å². The Labute approximate surface area is 106 Å². The van der Waals surface area contributed by atoms with E-state index >= 15 is 0 Å². The largest absolute Gasteiger partial charge is 0.497 e. The highest BCUT2D eigenvalue weighted by atomic mass is 19.1. The molecule has 0 radical (unpaired) electrons. The van der Waals surface area contributed by atoms with Crippen LogP contribution in [0.2, 0.25) is 0 Å². The van der Waals surface area contributed by atoms with E-state index in [0.717, 1.165) is 22.6 Å². The molecule has 2 rings (SSSR count). The molecule has 2 aromatic rings. The predicted molar refractivity (Wildman–Crippen MR) is 71.5 cm³/mol. The Balaban J connectivity index is 2.10. The quantitative estimate of drug-likeness (QED) is 0.885. The Hall–Kier alpha value is -2.03. The van der Waals surface area contributed by atoms with Gasteiger partial charge >= 0.3 is 0 Å². The third-order valence-corrected chi connectivity index (χ3v) is 2.82. The van der Waals surface area contributed by atoms with E-state index in [1.54, 1.807) is 13.2 Å². The number of hydrogen-bond acceptors (Lipinski definition) is 2. The highest BCUT2D eigenvalue weighted by Crippen LogP contribution is 2.22. The van der Waals surface area contributed by atoms with Crippen molar-refractivity contribution < 1.29 is 9.13 Å². The lowest BCUT2D eigenvalue weighted by molar-refractivity contribution is 0.415. The molecule has 1 N–H and O–H groups in total. The van der Waals surface area contributed by atoms with Gasteiger partial charge in [-0.3, -0.25) is 0 Å². The highest BCUT2D eigenvalue weighted by molar-refractivity contribution is 5.54. The van der Waals surface area contributed by atoms with Crippen molar-refractivity contribution in [1.29, 1.82) is 0 Å². The van der Waals surface area contributed by atoms with Crippen LogP contribution in [0.5, 0.6) is 5.75 Å². The smallest absolute Gasteiger partial charge is 0.123 e. The van der Waals surface area contributed by atoms with E-state index in [-0.39, 0.29) is 5.82 Å². The Bertz CT molecular complexity index is 540. The van der Waals surface area contributed by atoms with Gasteiger partial charge in [-0.25, -0.2) is 4.39 Å². The average molecular weight is 245 g/mol. The number of nitrogens with one attached hydrogen (secondary N) is 1. The second-order valence-electron chi connectivity index (χ2n) is 4.16. The second kappa shape index (κ2) is 5.54. The first kappa shape index (κ1) is 12.4. The van der Waals surface area contributed by atoms with Gasteiger partial charge in [-0.2, -0.15) is 0 Å². The molecule has 0 atom stereocenters. The van der Waals surface area contributed by atoms with Crippen LogP contribution in [-0.2, 0) is 6.54 Å². The molecular formula is C15H16FNO.